The Morgan fingerprint density at radius 2 is 2.00 bits per heavy atom. The highest BCUT2D eigenvalue weighted by atomic mass is 32.2. The lowest BCUT2D eigenvalue weighted by atomic mass is 9.81. The third kappa shape index (κ3) is 4.94. The van der Waals surface area contributed by atoms with Crippen molar-refractivity contribution in [3.05, 3.63) is 0 Å². The zero-order valence-corrected chi connectivity index (χ0v) is 11.8. The molecule has 1 heterocycles. The molecule has 1 aliphatic rings. The standard InChI is InChI=1S/C12H24O4S/c1-4-17(14,15)9-5-6-12(13)7-8-16-11(2,3)10-12/h13H,4-10H2,1-3H3. The molecule has 0 saturated carbocycles. The lowest BCUT2D eigenvalue weighted by Crippen LogP contribution is -2.45. The number of hydrogen-bond donors (Lipinski definition) is 1. The van der Waals surface area contributed by atoms with Crippen LogP contribution in [-0.4, -0.2) is 42.8 Å². The molecule has 4 nitrogen and oxygen atoms in total. The molecule has 0 aliphatic carbocycles. The van der Waals surface area contributed by atoms with Crippen molar-refractivity contribution in [1.82, 2.24) is 0 Å². The summed E-state index contributed by atoms with van der Waals surface area (Å²) in [6.45, 7) is 6.12. The van der Waals surface area contributed by atoms with E-state index in [1.54, 1.807) is 6.92 Å². The van der Waals surface area contributed by atoms with Crippen LogP contribution in [0.5, 0.6) is 0 Å². The SMILES string of the molecule is CCS(=O)(=O)CCCC1(O)CCOC(C)(C)C1. The molecule has 1 atom stereocenters. The van der Waals surface area contributed by atoms with Gasteiger partial charge in [-0.2, -0.15) is 0 Å². The van der Waals surface area contributed by atoms with Crippen molar-refractivity contribution < 1.29 is 18.3 Å². The Bertz CT molecular complexity index is 348. The maximum absolute atomic E-state index is 11.4. The third-order valence-electron chi connectivity index (χ3n) is 3.35. The van der Waals surface area contributed by atoms with Crippen molar-refractivity contribution >= 4 is 9.84 Å². The molecule has 1 aliphatic heterocycles. The predicted octanol–water partition coefficient (Wildman–Crippen LogP) is 1.52. The van der Waals surface area contributed by atoms with Gasteiger partial charge in [-0.25, -0.2) is 8.42 Å². The summed E-state index contributed by atoms with van der Waals surface area (Å²) in [7, 11) is -2.92. The quantitative estimate of drug-likeness (QED) is 0.818. The summed E-state index contributed by atoms with van der Waals surface area (Å²) in [6, 6.07) is 0. The first-order valence-corrected chi connectivity index (χ1v) is 8.07. The molecule has 1 saturated heterocycles. The Morgan fingerprint density at radius 3 is 2.53 bits per heavy atom. The lowest BCUT2D eigenvalue weighted by Gasteiger charge is -2.41. The molecule has 102 valence electrons. The van der Waals surface area contributed by atoms with E-state index in [4.69, 9.17) is 4.74 Å². The van der Waals surface area contributed by atoms with Crippen molar-refractivity contribution in [1.29, 1.82) is 0 Å². The van der Waals surface area contributed by atoms with E-state index >= 15 is 0 Å². The number of hydrogen-bond acceptors (Lipinski definition) is 4. The fourth-order valence-electron chi connectivity index (χ4n) is 2.43. The van der Waals surface area contributed by atoms with Gasteiger partial charge in [0, 0.05) is 12.2 Å². The van der Waals surface area contributed by atoms with Gasteiger partial charge >= 0.3 is 0 Å². The van der Waals surface area contributed by atoms with Crippen LogP contribution in [0.1, 0.15) is 46.5 Å². The van der Waals surface area contributed by atoms with Gasteiger partial charge in [0.05, 0.1) is 23.6 Å². The van der Waals surface area contributed by atoms with E-state index in [1.807, 2.05) is 13.8 Å². The zero-order valence-electron chi connectivity index (χ0n) is 11.0. The lowest BCUT2D eigenvalue weighted by molar-refractivity contribution is -0.146. The second-order valence-electron chi connectivity index (χ2n) is 5.60. The normalized spacial score (nSPS) is 29.2. The number of ether oxygens (including phenoxy) is 1. The summed E-state index contributed by atoms with van der Waals surface area (Å²) in [4.78, 5) is 0. The maximum Gasteiger partial charge on any atom is 0.150 e. The molecule has 0 radical (unpaired) electrons. The zero-order chi connectivity index (χ0) is 13.2. The van der Waals surface area contributed by atoms with Crippen LogP contribution in [-0.2, 0) is 14.6 Å². The van der Waals surface area contributed by atoms with Crippen LogP contribution in [0.3, 0.4) is 0 Å². The van der Waals surface area contributed by atoms with Crippen LogP contribution in [0.4, 0.5) is 0 Å². The van der Waals surface area contributed by atoms with Gasteiger partial charge in [-0.05, 0) is 33.1 Å². The molecule has 1 N–H and O–H groups in total. The third-order valence-corrected chi connectivity index (χ3v) is 5.14. The van der Waals surface area contributed by atoms with Crippen molar-refractivity contribution in [3.8, 4) is 0 Å². The van der Waals surface area contributed by atoms with E-state index < -0.39 is 15.4 Å². The van der Waals surface area contributed by atoms with Gasteiger partial charge in [0.1, 0.15) is 9.84 Å². The monoisotopic (exact) mass is 264 g/mol. The van der Waals surface area contributed by atoms with E-state index in [-0.39, 0.29) is 17.1 Å². The first-order chi connectivity index (χ1) is 7.68. The van der Waals surface area contributed by atoms with Gasteiger partial charge < -0.3 is 9.84 Å². The first kappa shape index (κ1) is 14.9. The Hall–Kier alpha value is -0.130. The summed E-state index contributed by atoms with van der Waals surface area (Å²) >= 11 is 0. The largest absolute Gasteiger partial charge is 0.390 e. The highest BCUT2D eigenvalue weighted by molar-refractivity contribution is 7.91. The molecule has 0 spiro atoms. The maximum atomic E-state index is 11.4. The average Bonchev–Trinajstić information content (AvgIpc) is 2.15. The minimum atomic E-state index is -2.92. The van der Waals surface area contributed by atoms with Crippen molar-refractivity contribution in [2.45, 2.75) is 57.7 Å². The van der Waals surface area contributed by atoms with Gasteiger partial charge in [0.15, 0.2) is 0 Å². The van der Waals surface area contributed by atoms with Crippen molar-refractivity contribution in [2.24, 2.45) is 0 Å². The van der Waals surface area contributed by atoms with Crippen LogP contribution < -0.4 is 0 Å². The molecule has 1 fully saturated rings. The highest BCUT2D eigenvalue weighted by Crippen LogP contribution is 2.34. The Kier molecular flexibility index (Phi) is 4.60. The minimum absolute atomic E-state index is 0.174. The molecule has 5 heteroatoms. The summed E-state index contributed by atoms with van der Waals surface area (Å²) in [6.07, 6.45) is 2.25. The molecular formula is C12H24O4S. The molecule has 0 aromatic heterocycles. The molecule has 1 unspecified atom stereocenters. The van der Waals surface area contributed by atoms with Crippen LogP contribution in [0.15, 0.2) is 0 Å². The van der Waals surface area contributed by atoms with Crippen LogP contribution in [0.2, 0.25) is 0 Å². The van der Waals surface area contributed by atoms with Crippen molar-refractivity contribution in [2.75, 3.05) is 18.1 Å². The van der Waals surface area contributed by atoms with Gasteiger partial charge in [0.25, 0.3) is 0 Å². The minimum Gasteiger partial charge on any atom is -0.390 e. The van der Waals surface area contributed by atoms with E-state index in [0.717, 1.165) is 0 Å². The van der Waals surface area contributed by atoms with Crippen LogP contribution in [0.25, 0.3) is 0 Å². The molecule has 0 aromatic rings. The second-order valence-corrected chi connectivity index (χ2v) is 8.07. The van der Waals surface area contributed by atoms with E-state index in [9.17, 15) is 13.5 Å². The number of aliphatic hydroxyl groups is 1. The Balaban J connectivity index is 2.45. The number of rotatable bonds is 5. The van der Waals surface area contributed by atoms with E-state index in [0.29, 0.717) is 32.3 Å². The Labute approximate surface area is 104 Å². The summed E-state index contributed by atoms with van der Waals surface area (Å²) in [5.74, 6) is 0.354. The predicted molar refractivity (Wildman–Crippen MR) is 67.8 cm³/mol. The van der Waals surface area contributed by atoms with Gasteiger partial charge in [-0.15, -0.1) is 0 Å². The van der Waals surface area contributed by atoms with Crippen LogP contribution >= 0.6 is 0 Å². The average molecular weight is 264 g/mol. The molecular weight excluding hydrogens is 240 g/mol. The van der Waals surface area contributed by atoms with Gasteiger partial charge in [0.2, 0.25) is 0 Å². The molecule has 0 amide bonds. The molecule has 1 rings (SSSR count). The van der Waals surface area contributed by atoms with E-state index in [1.165, 1.54) is 0 Å². The first-order valence-electron chi connectivity index (χ1n) is 6.25. The highest BCUT2D eigenvalue weighted by Gasteiger charge is 2.38. The topological polar surface area (TPSA) is 63.6 Å². The van der Waals surface area contributed by atoms with Crippen LogP contribution in [0, 0.1) is 0 Å². The molecule has 17 heavy (non-hydrogen) atoms. The fourth-order valence-corrected chi connectivity index (χ4v) is 3.30. The van der Waals surface area contributed by atoms with Gasteiger partial charge in [-0.1, -0.05) is 6.92 Å². The van der Waals surface area contributed by atoms with E-state index in [2.05, 4.69) is 0 Å². The molecule has 0 aromatic carbocycles. The Morgan fingerprint density at radius 1 is 1.35 bits per heavy atom. The molecule has 0 bridgehead atoms. The smallest absolute Gasteiger partial charge is 0.150 e. The summed E-state index contributed by atoms with van der Waals surface area (Å²) in [5.41, 5.74) is -1.07. The van der Waals surface area contributed by atoms with Gasteiger partial charge in [-0.3, -0.25) is 0 Å². The van der Waals surface area contributed by atoms with Crippen molar-refractivity contribution in [3.63, 3.8) is 0 Å². The summed E-state index contributed by atoms with van der Waals surface area (Å²) < 4.78 is 28.3. The fraction of sp³-hybridized carbons (Fsp3) is 1.00. The second kappa shape index (κ2) is 5.24. The number of sulfone groups is 1. The summed E-state index contributed by atoms with van der Waals surface area (Å²) in [5, 5.41) is 10.4.